The zero-order valence-electron chi connectivity index (χ0n) is 17.6. The maximum Gasteiger partial charge on any atom is 0.283 e. The lowest BCUT2D eigenvalue weighted by atomic mass is 10.0. The van der Waals surface area contributed by atoms with Crippen LogP contribution < -0.4 is 0 Å². The van der Waals surface area contributed by atoms with Crippen molar-refractivity contribution in [3.8, 4) is 0 Å². The smallest absolute Gasteiger partial charge is 0.283 e. The molecule has 0 aliphatic carbocycles. The number of fused-ring (bicyclic) bond motifs is 1. The number of halogens is 1. The summed E-state index contributed by atoms with van der Waals surface area (Å²) in [6, 6.07) is 22.8. The standard InChI is InChI=1S/C25H24FN3O2S/c26-21-9-6-10-22(17-21)32(30,31)29-24-12-5-4-11-23(24)25(27-29)20-14-16-28(18-20)15-13-19-7-2-1-3-8-19/h1-12,17,20H,13-16,18H2. The van der Waals surface area contributed by atoms with Gasteiger partial charge in [0.1, 0.15) is 5.82 Å². The van der Waals surface area contributed by atoms with Crippen molar-refractivity contribution in [2.24, 2.45) is 0 Å². The Labute approximate surface area is 187 Å². The van der Waals surface area contributed by atoms with Gasteiger partial charge in [0.05, 0.1) is 16.1 Å². The van der Waals surface area contributed by atoms with E-state index in [1.54, 1.807) is 12.1 Å². The Hall–Kier alpha value is -3.03. The SMILES string of the molecule is O=S(=O)(c1cccc(F)c1)n1nc(C2CCN(CCc3ccccc3)C2)c2ccccc21. The molecule has 0 bridgehead atoms. The highest BCUT2D eigenvalue weighted by Crippen LogP contribution is 2.33. The van der Waals surface area contributed by atoms with Gasteiger partial charge in [-0.25, -0.2) is 4.39 Å². The maximum atomic E-state index is 13.7. The topological polar surface area (TPSA) is 55.2 Å². The van der Waals surface area contributed by atoms with Crippen LogP contribution in [0.2, 0.25) is 0 Å². The molecule has 1 atom stereocenters. The third-order valence-corrected chi connectivity index (χ3v) is 7.71. The molecular formula is C25H24FN3O2S. The number of para-hydroxylation sites is 1. The minimum atomic E-state index is -4.00. The van der Waals surface area contributed by atoms with Crippen LogP contribution in [-0.2, 0) is 16.4 Å². The van der Waals surface area contributed by atoms with Gasteiger partial charge in [-0.3, -0.25) is 0 Å². The summed E-state index contributed by atoms with van der Waals surface area (Å²) in [4.78, 5) is 2.31. The highest BCUT2D eigenvalue weighted by atomic mass is 32.2. The fourth-order valence-corrected chi connectivity index (χ4v) is 5.79. The normalized spacial score (nSPS) is 17.2. The van der Waals surface area contributed by atoms with Crippen molar-refractivity contribution in [3.05, 3.63) is 95.9 Å². The molecule has 5 nitrogen and oxygen atoms in total. The molecule has 0 spiro atoms. The number of rotatable bonds is 6. The van der Waals surface area contributed by atoms with Crippen molar-refractivity contribution in [1.82, 2.24) is 14.1 Å². The Morgan fingerprint density at radius 2 is 1.75 bits per heavy atom. The Bertz CT molecular complexity index is 1350. The highest BCUT2D eigenvalue weighted by Gasteiger charge is 2.30. The molecule has 3 aromatic carbocycles. The van der Waals surface area contributed by atoms with Gasteiger partial charge < -0.3 is 4.90 Å². The van der Waals surface area contributed by atoms with E-state index >= 15 is 0 Å². The zero-order valence-corrected chi connectivity index (χ0v) is 18.4. The average molecular weight is 450 g/mol. The second kappa shape index (κ2) is 8.48. The lowest BCUT2D eigenvalue weighted by Gasteiger charge is -2.15. The molecule has 0 saturated carbocycles. The van der Waals surface area contributed by atoms with E-state index in [1.165, 1.54) is 23.8 Å². The van der Waals surface area contributed by atoms with Gasteiger partial charge in [-0.15, -0.1) is 0 Å². The van der Waals surface area contributed by atoms with Crippen LogP contribution in [0, 0.1) is 5.82 Å². The summed E-state index contributed by atoms with van der Waals surface area (Å²) in [6.07, 6.45) is 1.91. The molecule has 5 rings (SSSR count). The van der Waals surface area contributed by atoms with Crippen molar-refractivity contribution in [1.29, 1.82) is 0 Å². The predicted octanol–water partition coefficient (Wildman–Crippen LogP) is 4.44. The highest BCUT2D eigenvalue weighted by molar-refractivity contribution is 7.90. The molecule has 1 aromatic heterocycles. The van der Waals surface area contributed by atoms with Crippen LogP contribution in [0.4, 0.5) is 4.39 Å². The van der Waals surface area contributed by atoms with E-state index in [1.807, 2.05) is 18.2 Å². The first-order valence-electron chi connectivity index (χ1n) is 10.8. The second-order valence-corrected chi connectivity index (χ2v) is 10.00. The monoisotopic (exact) mass is 449 g/mol. The lowest BCUT2D eigenvalue weighted by molar-refractivity contribution is 0.338. The van der Waals surface area contributed by atoms with Crippen LogP contribution in [0.3, 0.4) is 0 Å². The quantitative estimate of drug-likeness (QED) is 0.437. The van der Waals surface area contributed by atoms with E-state index in [4.69, 9.17) is 0 Å². The Kier molecular flexibility index (Phi) is 5.53. The van der Waals surface area contributed by atoms with E-state index in [0.717, 1.165) is 53.7 Å². The molecular weight excluding hydrogens is 425 g/mol. The third kappa shape index (κ3) is 3.94. The zero-order chi connectivity index (χ0) is 22.1. The third-order valence-electron chi connectivity index (χ3n) is 6.12. The lowest BCUT2D eigenvalue weighted by Crippen LogP contribution is -2.23. The number of likely N-dealkylation sites (tertiary alicyclic amines) is 1. The summed E-state index contributed by atoms with van der Waals surface area (Å²) in [7, 11) is -4.00. The van der Waals surface area contributed by atoms with Gasteiger partial charge in [0.15, 0.2) is 0 Å². The van der Waals surface area contributed by atoms with E-state index < -0.39 is 15.8 Å². The summed E-state index contributed by atoms with van der Waals surface area (Å²) in [5, 5.41) is 5.42. The van der Waals surface area contributed by atoms with E-state index in [9.17, 15) is 12.8 Å². The molecule has 0 radical (unpaired) electrons. The molecule has 164 valence electrons. The van der Waals surface area contributed by atoms with Gasteiger partial charge in [-0.1, -0.05) is 54.6 Å². The van der Waals surface area contributed by atoms with Crippen molar-refractivity contribution >= 4 is 20.9 Å². The number of aromatic nitrogens is 2. The minimum Gasteiger partial charge on any atom is -0.302 e. The average Bonchev–Trinajstić information content (AvgIpc) is 3.43. The molecule has 1 unspecified atom stereocenters. The molecule has 4 aromatic rings. The first-order valence-corrected chi connectivity index (χ1v) is 12.2. The first kappa shape index (κ1) is 20.8. The summed E-state index contributed by atoms with van der Waals surface area (Å²) >= 11 is 0. The summed E-state index contributed by atoms with van der Waals surface area (Å²) in [5.41, 5.74) is 2.63. The van der Waals surface area contributed by atoms with Gasteiger partial charge in [0.2, 0.25) is 0 Å². The number of benzene rings is 3. The Balaban J connectivity index is 1.43. The summed E-state index contributed by atoms with van der Waals surface area (Å²) in [5.74, 6) is -0.438. The van der Waals surface area contributed by atoms with Gasteiger partial charge in [-0.2, -0.15) is 17.6 Å². The van der Waals surface area contributed by atoms with Crippen LogP contribution in [0.15, 0.2) is 83.8 Å². The van der Waals surface area contributed by atoms with Gasteiger partial charge >= 0.3 is 0 Å². The fraction of sp³-hybridized carbons (Fsp3) is 0.240. The van der Waals surface area contributed by atoms with Crippen LogP contribution in [-0.4, -0.2) is 42.1 Å². The number of hydrogen-bond acceptors (Lipinski definition) is 4. The summed E-state index contributed by atoms with van der Waals surface area (Å²) < 4.78 is 41.3. The fourth-order valence-electron chi connectivity index (χ4n) is 4.47. The first-order chi connectivity index (χ1) is 15.5. The van der Waals surface area contributed by atoms with E-state index in [2.05, 4.69) is 34.3 Å². The van der Waals surface area contributed by atoms with Crippen molar-refractivity contribution in [3.63, 3.8) is 0 Å². The van der Waals surface area contributed by atoms with Crippen molar-refractivity contribution in [2.75, 3.05) is 19.6 Å². The van der Waals surface area contributed by atoms with Crippen molar-refractivity contribution in [2.45, 2.75) is 23.7 Å². The Morgan fingerprint density at radius 3 is 2.56 bits per heavy atom. The summed E-state index contributed by atoms with van der Waals surface area (Å²) in [6.45, 7) is 2.75. The van der Waals surface area contributed by atoms with Crippen LogP contribution >= 0.6 is 0 Å². The molecule has 7 heteroatoms. The largest absolute Gasteiger partial charge is 0.302 e. The van der Waals surface area contributed by atoms with Gasteiger partial charge in [0.25, 0.3) is 10.0 Å². The van der Waals surface area contributed by atoms with Crippen LogP contribution in [0.25, 0.3) is 10.9 Å². The second-order valence-electron chi connectivity index (χ2n) is 8.23. The maximum absolute atomic E-state index is 13.7. The molecule has 0 amide bonds. The van der Waals surface area contributed by atoms with E-state index in [0.29, 0.717) is 5.52 Å². The molecule has 2 heterocycles. The number of hydrogen-bond donors (Lipinski definition) is 0. The van der Waals surface area contributed by atoms with Crippen LogP contribution in [0.1, 0.15) is 23.6 Å². The molecule has 0 N–H and O–H groups in total. The molecule has 1 aliphatic heterocycles. The van der Waals surface area contributed by atoms with Gasteiger partial charge in [0, 0.05) is 24.4 Å². The number of nitrogens with zero attached hydrogens (tertiary/aromatic N) is 3. The van der Waals surface area contributed by atoms with Crippen molar-refractivity contribution < 1.29 is 12.8 Å². The Morgan fingerprint density at radius 1 is 0.969 bits per heavy atom. The minimum absolute atomic E-state index is 0.104. The predicted molar refractivity (Wildman–Crippen MR) is 123 cm³/mol. The molecule has 1 fully saturated rings. The molecule has 1 saturated heterocycles. The van der Waals surface area contributed by atoms with Gasteiger partial charge in [-0.05, 0) is 49.2 Å². The molecule has 32 heavy (non-hydrogen) atoms. The van der Waals surface area contributed by atoms with E-state index in [-0.39, 0.29) is 10.8 Å². The molecule has 1 aliphatic rings. The van der Waals surface area contributed by atoms with Crippen LogP contribution in [0.5, 0.6) is 0 Å².